The number of methoxy groups -OCH3 is 1. The van der Waals surface area contributed by atoms with Gasteiger partial charge < -0.3 is 10.1 Å². The topological polar surface area (TPSA) is 64.9 Å². The molecule has 0 aliphatic heterocycles. The van der Waals surface area contributed by atoms with Gasteiger partial charge in [-0.1, -0.05) is 0 Å². The second-order valence-corrected chi connectivity index (χ2v) is 5.39. The summed E-state index contributed by atoms with van der Waals surface area (Å²) in [7, 11) is 1.65. The number of rotatable bonds is 4. The third-order valence-corrected chi connectivity index (χ3v) is 3.40. The molecule has 1 aromatic carbocycles. The molecule has 0 saturated carbocycles. The summed E-state index contributed by atoms with van der Waals surface area (Å²) >= 11 is 0. The lowest BCUT2D eigenvalue weighted by molar-refractivity contribution is 0.415. The number of aromatic nitrogens is 4. The number of benzene rings is 1. The predicted octanol–water partition coefficient (Wildman–Crippen LogP) is 3.76. The zero-order valence-electron chi connectivity index (χ0n) is 14.1. The van der Waals surface area contributed by atoms with Crippen molar-refractivity contribution in [2.24, 2.45) is 0 Å². The summed E-state index contributed by atoms with van der Waals surface area (Å²) in [5, 5.41) is 7.72. The van der Waals surface area contributed by atoms with Crippen molar-refractivity contribution in [3.63, 3.8) is 0 Å². The molecule has 2 heterocycles. The number of aryl methyl sites for hydroxylation is 3. The summed E-state index contributed by atoms with van der Waals surface area (Å²) in [5.41, 5.74) is 3.75. The number of hydrogen-bond acceptors (Lipinski definition) is 5. The summed E-state index contributed by atoms with van der Waals surface area (Å²) < 4.78 is 6.92. The molecule has 0 fully saturated rings. The first-order valence-electron chi connectivity index (χ1n) is 7.35. The fraction of sp³-hybridized carbons (Fsp3) is 0.235. The molecule has 0 unspecified atom stereocenters. The summed E-state index contributed by atoms with van der Waals surface area (Å²) in [5.74, 6) is 2.11. The van der Waals surface area contributed by atoms with Crippen LogP contribution in [0.1, 0.15) is 17.1 Å². The Morgan fingerprint density at radius 3 is 2.25 bits per heavy atom. The molecule has 1 N–H and O–H groups in total. The second-order valence-electron chi connectivity index (χ2n) is 5.39. The van der Waals surface area contributed by atoms with Crippen molar-refractivity contribution in [1.29, 1.82) is 0 Å². The zero-order valence-corrected chi connectivity index (χ0v) is 14.9. The lowest BCUT2D eigenvalue weighted by atomic mass is 10.3. The monoisotopic (exact) mass is 345 g/mol. The smallest absolute Gasteiger partial charge is 0.252 e. The number of nitrogens with one attached hydrogen (secondary N) is 1. The minimum atomic E-state index is 0. The van der Waals surface area contributed by atoms with Gasteiger partial charge in [0.25, 0.3) is 5.95 Å². The van der Waals surface area contributed by atoms with Crippen LogP contribution in [0.15, 0.2) is 36.4 Å². The highest BCUT2D eigenvalue weighted by Crippen LogP contribution is 2.20. The number of nitrogens with zero attached hydrogens (tertiary/aromatic N) is 4. The minimum Gasteiger partial charge on any atom is -0.497 e. The molecule has 0 atom stereocenters. The van der Waals surface area contributed by atoms with Crippen LogP contribution < -0.4 is 10.1 Å². The first-order chi connectivity index (χ1) is 11.0. The van der Waals surface area contributed by atoms with Crippen molar-refractivity contribution in [1.82, 2.24) is 19.7 Å². The second kappa shape index (κ2) is 7.31. The molecule has 7 heteroatoms. The first kappa shape index (κ1) is 17.7. The summed E-state index contributed by atoms with van der Waals surface area (Å²) in [6.07, 6.45) is 0. The van der Waals surface area contributed by atoms with E-state index in [4.69, 9.17) is 4.74 Å². The van der Waals surface area contributed by atoms with Gasteiger partial charge in [-0.05, 0) is 51.1 Å². The largest absolute Gasteiger partial charge is 0.497 e. The van der Waals surface area contributed by atoms with Gasteiger partial charge in [-0.2, -0.15) is 10.1 Å². The maximum absolute atomic E-state index is 5.17. The van der Waals surface area contributed by atoms with Crippen molar-refractivity contribution in [2.45, 2.75) is 20.8 Å². The molecule has 0 saturated heterocycles. The van der Waals surface area contributed by atoms with Gasteiger partial charge in [-0.15, -0.1) is 12.4 Å². The van der Waals surface area contributed by atoms with Crippen molar-refractivity contribution < 1.29 is 4.74 Å². The average molecular weight is 346 g/mol. The molecule has 0 spiro atoms. The standard InChI is InChI=1S/C17H19N5O.ClH/c1-11-10-16(19-14-5-7-15(23-4)8-6-14)20-17(18-11)22-13(3)9-12(2)21-22;/h5-10H,1-4H3,(H,18,19,20);1H. The molecule has 126 valence electrons. The minimum absolute atomic E-state index is 0. The van der Waals surface area contributed by atoms with Gasteiger partial charge in [0.05, 0.1) is 12.8 Å². The Balaban J connectivity index is 0.00000208. The normalized spacial score (nSPS) is 10.2. The van der Waals surface area contributed by atoms with Crippen molar-refractivity contribution in [3.8, 4) is 11.7 Å². The van der Waals surface area contributed by atoms with Crippen molar-refractivity contribution >= 4 is 23.9 Å². The van der Waals surface area contributed by atoms with Crippen molar-refractivity contribution in [2.75, 3.05) is 12.4 Å². The molecule has 0 radical (unpaired) electrons. The number of halogens is 1. The van der Waals surface area contributed by atoms with E-state index >= 15 is 0 Å². The highest BCUT2D eigenvalue weighted by atomic mass is 35.5. The maximum atomic E-state index is 5.17. The molecule has 2 aromatic heterocycles. The Kier molecular flexibility index (Phi) is 5.41. The third kappa shape index (κ3) is 3.83. The maximum Gasteiger partial charge on any atom is 0.252 e. The van der Waals surface area contributed by atoms with Crippen molar-refractivity contribution in [3.05, 3.63) is 53.5 Å². The number of hydrogen-bond donors (Lipinski definition) is 1. The lowest BCUT2D eigenvalue weighted by Gasteiger charge is -2.10. The Hall–Kier alpha value is -2.60. The van der Waals surface area contributed by atoms with Crippen LogP contribution in [0.25, 0.3) is 5.95 Å². The molecule has 6 nitrogen and oxygen atoms in total. The van der Waals surface area contributed by atoms with E-state index in [-0.39, 0.29) is 12.4 Å². The Labute approximate surface area is 147 Å². The van der Waals surface area contributed by atoms with E-state index < -0.39 is 0 Å². The molecule has 0 amide bonds. The van der Waals surface area contributed by atoms with E-state index in [1.54, 1.807) is 11.8 Å². The number of ether oxygens (including phenoxy) is 1. The van der Waals surface area contributed by atoms with E-state index in [0.29, 0.717) is 5.95 Å². The fourth-order valence-electron chi connectivity index (χ4n) is 2.37. The molecule has 3 aromatic rings. The van der Waals surface area contributed by atoms with Gasteiger partial charge in [0, 0.05) is 23.1 Å². The predicted molar refractivity (Wildman–Crippen MR) is 96.9 cm³/mol. The Morgan fingerprint density at radius 1 is 0.958 bits per heavy atom. The highest BCUT2D eigenvalue weighted by molar-refractivity contribution is 5.85. The number of anilines is 2. The van der Waals surface area contributed by atoms with Gasteiger partial charge in [0.15, 0.2) is 0 Å². The van der Waals surface area contributed by atoms with Crippen LogP contribution in [0.4, 0.5) is 11.5 Å². The van der Waals surface area contributed by atoms with Gasteiger partial charge in [0.1, 0.15) is 11.6 Å². The lowest BCUT2D eigenvalue weighted by Crippen LogP contribution is -2.08. The molecular weight excluding hydrogens is 326 g/mol. The van der Waals surface area contributed by atoms with E-state index in [0.717, 1.165) is 34.3 Å². The van der Waals surface area contributed by atoms with Gasteiger partial charge in [-0.25, -0.2) is 9.67 Å². The Morgan fingerprint density at radius 2 is 1.67 bits per heavy atom. The van der Waals surface area contributed by atoms with Gasteiger partial charge in [0.2, 0.25) is 0 Å². The van der Waals surface area contributed by atoms with Crippen LogP contribution in [0.5, 0.6) is 5.75 Å². The van der Waals surface area contributed by atoms with Crippen LogP contribution in [-0.4, -0.2) is 26.9 Å². The molecule has 0 bridgehead atoms. The van der Waals surface area contributed by atoms with Crippen LogP contribution in [0.2, 0.25) is 0 Å². The molecular formula is C17H20ClN5O. The molecule has 3 rings (SSSR count). The summed E-state index contributed by atoms with van der Waals surface area (Å²) in [4.78, 5) is 9.04. The Bertz CT molecular complexity index is 829. The van der Waals surface area contributed by atoms with Gasteiger partial charge >= 0.3 is 0 Å². The highest BCUT2D eigenvalue weighted by Gasteiger charge is 2.09. The molecule has 0 aliphatic carbocycles. The quantitative estimate of drug-likeness (QED) is 0.779. The van der Waals surface area contributed by atoms with E-state index in [1.165, 1.54) is 0 Å². The summed E-state index contributed by atoms with van der Waals surface area (Å²) in [6, 6.07) is 11.6. The fourth-order valence-corrected chi connectivity index (χ4v) is 2.37. The first-order valence-corrected chi connectivity index (χ1v) is 7.35. The van der Waals surface area contributed by atoms with Crippen LogP contribution in [0.3, 0.4) is 0 Å². The summed E-state index contributed by atoms with van der Waals surface area (Å²) in [6.45, 7) is 5.88. The van der Waals surface area contributed by atoms with Crippen LogP contribution in [-0.2, 0) is 0 Å². The molecule has 0 aliphatic rings. The third-order valence-electron chi connectivity index (χ3n) is 3.40. The molecule has 24 heavy (non-hydrogen) atoms. The van der Waals surface area contributed by atoms with Gasteiger partial charge in [-0.3, -0.25) is 0 Å². The van der Waals surface area contributed by atoms with E-state index in [1.807, 2.05) is 57.2 Å². The SMILES string of the molecule is COc1ccc(Nc2cc(C)nc(-n3nc(C)cc3C)n2)cc1.Cl. The van der Waals surface area contributed by atoms with E-state index in [2.05, 4.69) is 20.4 Å². The van der Waals surface area contributed by atoms with Crippen LogP contribution in [0, 0.1) is 20.8 Å². The van der Waals surface area contributed by atoms with Crippen LogP contribution >= 0.6 is 12.4 Å². The van der Waals surface area contributed by atoms with E-state index in [9.17, 15) is 0 Å². The zero-order chi connectivity index (χ0) is 16.4. The average Bonchev–Trinajstić information content (AvgIpc) is 2.86.